The molecular weight excluding hydrogens is 350 g/mol. The summed E-state index contributed by atoms with van der Waals surface area (Å²) in [6.45, 7) is 8.61. The van der Waals surface area contributed by atoms with Gasteiger partial charge in [-0.05, 0) is 87.8 Å². The van der Waals surface area contributed by atoms with Crippen molar-refractivity contribution in [3.8, 4) is 5.75 Å². The second kappa shape index (κ2) is 11.3. The van der Waals surface area contributed by atoms with E-state index >= 15 is 0 Å². The Labute approximate surface area is 168 Å². The van der Waals surface area contributed by atoms with E-state index < -0.39 is 0 Å². The summed E-state index contributed by atoms with van der Waals surface area (Å²) < 4.78 is 5.82. The number of hydrogen-bond acceptors (Lipinski definition) is 5. The number of hydrogen-bond donors (Lipinski definition) is 2. The van der Waals surface area contributed by atoms with Crippen molar-refractivity contribution in [2.24, 2.45) is 0 Å². The van der Waals surface area contributed by atoms with Gasteiger partial charge in [0.05, 0.1) is 18.0 Å². The van der Waals surface area contributed by atoms with Crippen LogP contribution in [-0.2, 0) is 0 Å². The molecule has 0 aliphatic carbocycles. The van der Waals surface area contributed by atoms with Crippen molar-refractivity contribution in [1.82, 2.24) is 4.90 Å². The highest BCUT2D eigenvalue weighted by Gasteiger charge is 2.10. The molecule has 0 radical (unpaired) electrons. The van der Waals surface area contributed by atoms with Crippen LogP contribution < -0.4 is 16.2 Å². The summed E-state index contributed by atoms with van der Waals surface area (Å²) >= 11 is 0. The molecule has 5 heteroatoms. The van der Waals surface area contributed by atoms with Crippen LogP contribution in [0.1, 0.15) is 55.5 Å². The summed E-state index contributed by atoms with van der Waals surface area (Å²) in [5.74, 6) is 0.706. The average molecular weight is 384 g/mol. The van der Waals surface area contributed by atoms with Crippen molar-refractivity contribution in [1.29, 1.82) is 0 Å². The molecule has 2 aromatic carbocycles. The molecule has 0 fully saturated rings. The molecule has 152 valence electrons. The molecule has 0 atom stereocenters. The van der Waals surface area contributed by atoms with Gasteiger partial charge in [-0.25, -0.2) is 0 Å². The predicted octanol–water partition coefficient (Wildman–Crippen LogP) is 4.36. The number of unbranched alkanes of at least 4 members (excludes halogenated alkanes) is 1. The summed E-state index contributed by atoms with van der Waals surface area (Å²) in [6.07, 6.45) is 4.56. The maximum absolute atomic E-state index is 12.5. The molecule has 0 aromatic heterocycles. The zero-order valence-corrected chi connectivity index (χ0v) is 17.1. The Hall–Kier alpha value is -2.53. The Morgan fingerprint density at radius 2 is 1.50 bits per heavy atom. The van der Waals surface area contributed by atoms with Crippen LogP contribution in [-0.4, -0.2) is 36.9 Å². The third-order valence-corrected chi connectivity index (χ3v) is 4.68. The van der Waals surface area contributed by atoms with E-state index in [9.17, 15) is 4.79 Å². The number of carbonyl (C=O) groups excluding carboxylic acids is 1. The molecule has 0 unspecified atom stereocenters. The first-order valence-corrected chi connectivity index (χ1v) is 10.2. The predicted molar refractivity (Wildman–Crippen MR) is 117 cm³/mol. The van der Waals surface area contributed by atoms with E-state index in [1.54, 1.807) is 30.3 Å². The molecule has 5 nitrogen and oxygen atoms in total. The molecule has 0 amide bonds. The first-order valence-electron chi connectivity index (χ1n) is 10.2. The fourth-order valence-electron chi connectivity index (χ4n) is 3.18. The minimum Gasteiger partial charge on any atom is -0.494 e. The smallest absolute Gasteiger partial charge is 0.193 e. The summed E-state index contributed by atoms with van der Waals surface area (Å²) in [5.41, 5.74) is 13.5. The van der Waals surface area contributed by atoms with E-state index in [4.69, 9.17) is 16.2 Å². The van der Waals surface area contributed by atoms with Crippen molar-refractivity contribution in [2.75, 3.05) is 37.7 Å². The van der Waals surface area contributed by atoms with Gasteiger partial charge in [-0.3, -0.25) is 4.79 Å². The van der Waals surface area contributed by atoms with Crippen LogP contribution in [0.3, 0.4) is 0 Å². The minimum atomic E-state index is -0.0785. The van der Waals surface area contributed by atoms with Crippen LogP contribution in [0.4, 0.5) is 11.4 Å². The molecule has 4 N–H and O–H groups in total. The highest BCUT2D eigenvalue weighted by molar-refractivity contribution is 6.09. The van der Waals surface area contributed by atoms with E-state index in [2.05, 4.69) is 18.7 Å². The number of anilines is 2. The average Bonchev–Trinajstić information content (AvgIpc) is 2.70. The topological polar surface area (TPSA) is 81.6 Å². The zero-order valence-electron chi connectivity index (χ0n) is 17.1. The van der Waals surface area contributed by atoms with E-state index in [-0.39, 0.29) is 5.78 Å². The first-order chi connectivity index (χ1) is 13.5. The second-order valence-corrected chi connectivity index (χ2v) is 7.09. The number of nitrogens with two attached hydrogens (primary N) is 2. The summed E-state index contributed by atoms with van der Waals surface area (Å²) in [7, 11) is 0. The molecule has 0 heterocycles. The van der Waals surface area contributed by atoms with Crippen molar-refractivity contribution in [2.45, 2.75) is 39.5 Å². The second-order valence-electron chi connectivity index (χ2n) is 7.09. The number of nitrogen functional groups attached to an aromatic ring is 2. The summed E-state index contributed by atoms with van der Waals surface area (Å²) in [6, 6.07) is 12.2. The quantitative estimate of drug-likeness (QED) is 0.323. The van der Waals surface area contributed by atoms with Gasteiger partial charge in [0.15, 0.2) is 5.78 Å². The maximum Gasteiger partial charge on any atom is 0.193 e. The monoisotopic (exact) mass is 383 g/mol. The van der Waals surface area contributed by atoms with Crippen molar-refractivity contribution in [3.05, 3.63) is 53.6 Å². The number of carbonyl (C=O) groups is 1. The van der Waals surface area contributed by atoms with Crippen LogP contribution in [0.15, 0.2) is 42.5 Å². The summed E-state index contributed by atoms with van der Waals surface area (Å²) in [5, 5.41) is 0. The van der Waals surface area contributed by atoms with Crippen LogP contribution >= 0.6 is 0 Å². The number of benzene rings is 2. The first kappa shape index (κ1) is 21.8. The third kappa shape index (κ3) is 6.57. The highest BCUT2D eigenvalue weighted by atomic mass is 16.5. The van der Waals surface area contributed by atoms with Crippen LogP contribution in [0, 0.1) is 0 Å². The molecule has 2 aromatic rings. The Kier molecular flexibility index (Phi) is 8.82. The Balaban J connectivity index is 1.79. The van der Waals surface area contributed by atoms with Gasteiger partial charge >= 0.3 is 0 Å². The molecule has 0 saturated heterocycles. The molecule has 2 rings (SSSR count). The normalized spacial score (nSPS) is 11.0. The molecule has 0 aliphatic heterocycles. The van der Waals surface area contributed by atoms with E-state index in [1.807, 2.05) is 12.1 Å². The standard InChI is InChI=1S/C23H33N3O2/c1-3-13-26(14-4-2)15-5-6-16-28-20-10-7-18(8-11-20)23(27)19-9-12-21(24)22(25)17-19/h7-12,17H,3-6,13-16,24-25H2,1-2H3. The van der Waals surface area contributed by atoms with E-state index in [1.165, 1.54) is 25.9 Å². The Bertz CT molecular complexity index is 738. The molecule has 0 saturated carbocycles. The largest absolute Gasteiger partial charge is 0.494 e. The number of ether oxygens (including phenoxy) is 1. The lowest BCUT2D eigenvalue weighted by Crippen LogP contribution is -2.26. The lowest BCUT2D eigenvalue weighted by Gasteiger charge is -2.20. The molecule has 0 aliphatic rings. The van der Waals surface area contributed by atoms with Crippen LogP contribution in [0.2, 0.25) is 0 Å². The molecule has 0 spiro atoms. The van der Waals surface area contributed by atoms with Gasteiger partial charge in [-0.15, -0.1) is 0 Å². The summed E-state index contributed by atoms with van der Waals surface area (Å²) in [4.78, 5) is 15.1. The molecular formula is C23H33N3O2. The van der Waals surface area contributed by atoms with Crippen LogP contribution in [0.5, 0.6) is 5.75 Å². The third-order valence-electron chi connectivity index (χ3n) is 4.68. The van der Waals surface area contributed by atoms with Gasteiger partial charge < -0.3 is 21.1 Å². The number of rotatable bonds is 12. The number of nitrogens with zero attached hydrogens (tertiary/aromatic N) is 1. The molecule has 28 heavy (non-hydrogen) atoms. The van der Waals surface area contributed by atoms with E-state index in [0.717, 1.165) is 25.1 Å². The van der Waals surface area contributed by atoms with Gasteiger partial charge in [0.25, 0.3) is 0 Å². The van der Waals surface area contributed by atoms with Crippen molar-refractivity contribution >= 4 is 17.2 Å². The minimum absolute atomic E-state index is 0.0785. The Morgan fingerprint density at radius 1 is 0.857 bits per heavy atom. The van der Waals surface area contributed by atoms with Gasteiger partial charge in [0.2, 0.25) is 0 Å². The van der Waals surface area contributed by atoms with Gasteiger partial charge in [-0.1, -0.05) is 13.8 Å². The fourth-order valence-corrected chi connectivity index (χ4v) is 3.18. The van der Waals surface area contributed by atoms with Crippen LogP contribution in [0.25, 0.3) is 0 Å². The van der Waals surface area contributed by atoms with Gasteiger partial charge in [-0.2, -0.15) is 0 Å². The SMILES string of the molecule is CCCN(CCC)CCCCOc1ccc(C(=O)c2ccc(N)c(N)c2)cc1. The number of ketones is 1. The van der Waals surface area contributed by atoms with E-state index in [0.29, 0.717) is 29.1 Å². The van der Waals surface area contributed by atoms with Crippen molar-refractivity contribution in [3.63, 3.8) is 0 Å². The zero-order chi connectivity index (χ0) is 20.4. The van der Waals surface area contributed by atoms with Gasteiger partial charge in [0.1, 0.15) is 5.75 Å². The lowest BCUT2D eigenvalue weighted by atomic mass is 10.0. The Morgan fingerprint density at radius 3 is 2.11 bits per heavy atom. The van der Waals surface area contributed by atoms with Gasteiger partial charge in [0, 0.05) is 11.1 Å². The van der Waals surface area contributed by atoms with Crippen molar-refractivity contribution < 1.29 is 9.53 Å². The lowest BCUT2D eigenvalue weighted by molar-refractivity contribution is 0.103. The highest BCUT2D eigenvalue weighted by Crippen LogP contribution is 2.20. The molecule has 0 bridgehead atoms. The fraction of sp³-hybridized carbons (Fsp3) is 0.435. The maximum atomic E-state index is 12.5.